The summed E-state index contributed by atoms with van der Waals surface area (Å²) in [6.07, 6.45) is -3.62. The van der Waals surface area contributed by atoms with Crippen LogP contribution in [0, 0.1) is 10.1 Å². The number of nitro benzene ring substituents is 1. The number of carbonyl (C=O) groups excluding carboxylic acids is 1. The predicted molar refractivity (Wildman–Crippen MR) is 92.7 cm³/mol. The van der Waals surface area contributed by atoms with Gasteiger partial charge in [0.2, 0.25) is 0 Å². The number of alkyl halides is 3. The molecule has 0 aromatic heterocycles. The van der Waals surface area contributed by atoms with Crippen molar-refractivity contribution in [2.45, 2.75) is 6.18 Å². The number of rotatable bonds is 6. The van der Waals surface area contributed by atoms with Crippen molar-refractivity contribution in [1.82, 2.24) is 5.43 Å². The molecule has 28 heavy (non-hydrogen) atoms. The van der Waals surface area contributed by atoms with E-state index in [1.165, 1.54) is 26.4 Å². The van der Waals surface area contributed by atoms with Crippen molar-refractivity contribution in [1.29, 1.82) is 0 Å². The maximum absolute atomic E-state index is 12.7. The molecule has 0 unspecified atom stereocenters. The fourth-order valence-electron chi connectivity index (χ4n) is 2.21. The molecule has 0 radical (unpaired) electrons. The van der Waals surface area contributed by atoms with Crippen LogP contribution in [0.1, 0.15) is 21.5 Å². The summed E-state index contributed by atoms with van der Waals surface area (Å²) in [6.45, 7) is 0. The Morgan fingerprint density at radius 1 is 1.18 bits per heavy atom. The molecule has 148 valence electrons. The van der Waals surface area contributed by atoms with E-state index in [1.54, 1.807) is 0 Å². The minimum Gasteiger partial charge on any atom is -0.493 e. The van der Waals surface area contributed by atoms with E-state index < -0.39 is 22.6 Å². The summed E-state index contributed by atoms with van der Waals surface area (Å²) in [5.74, 6) is -0.594. The average Bonchev–Trinajstić information content (AvgIpc) is 2.66. The third-order valence-corrected chi connectivity index (χ3v) is 3.55. The number of nitro groups is 1. The van der Waals surface area contributed by atoms with Crippen molar-refractivity contribution in [3.05, 3.63) is 63.2 Å². The Kier molecular flexibility index (Phi) is 6.18. The largest absolute Gasteiger partial charge is 0.493 e. The molecule has 0 saturated heterocycles. The van der Waals surface area contributed by atoms with E-state index in [0.717, 1.165) is 24.4 Å². The number of benzene rings is 2. The molecule has 11 heteroatoms. The van der Waals surface area contributed by atoms with Gasteiger partial charge in [-0.15, -0.1) is 0 Å². The van der Waals surface area contributed by atoms with Crippen LogP contribution in [-0.4, -0.2) is 31.3 Å². The number of hydrazone groups is 1. The fourth-order valence-corrected chi connectivity index (χ4v) is 2.21. The molecule has 0 saturated carbocycles. The molecule has 0 aliphatic heterocycles. The van der Waals surface area contributed by atoms with Crippen LogP contribution in [0.15, 0.2) is 41.5 Å². The molecule has 1 amide bonds. The molecule has 0 aliphatic rings. The van der Waals surface area contributed by atoms with E-state index in [2.05, 4.69) is 5.10 Å². The first-order valence-corrected chi connectivity index (χ1v) is 7.58. The number of methoxy groups -OCH3 is 2. The number of carbonyl (C=O) groups is 1. The average molecular weight is 397 g/mol. The fraction of sp³-hybridized carbons (Fsp3) is 0.176. The minimum atomic E-state index is -4.60. The highest BCUT2D eigenvalue weighted by atomic mass is 19.4. The summed E-state index contributed by atoms with van der Waals surface area (Å²) < 4.78 is 48.2. The van der Waals surface area contributed by atoms with Gasteiger partial charge in [-0.05, 0) is 24.3 Å². The zero-order valence-electron chi connectivity index (χ0n) is 14.6. The summed E-state index contributed by atoms with van der Waals surface area (Å²) in [5, 5.41) is 14.8. The van der Waals surface area contributed by atoms with E-state index in [1.807, 2.05) is 5.43 Å². The van der Waals surface area contributed by atoms with Gasteiger partial charge in [0.1, 0.15) is 0 Å². The van der Waals surface area contributed by atoms with Crippen LogP contribution in [0.5, 0.6) is 11.5 Å². The lowest BCUT2D eigenvalue weighted by atomic mass is 10.1. The van der Waals surface area contributed by atoms with Crippen LogP contribution >= 0.6 is 0 Å². The highest BCUT2D eigenvalue weighted by molar-refractivity contribution is 5.95. The molecule has 0 bridgehead atoms. The predicted octanol–water partition coefficient (Wildman–Crippen LogP) is 3.39. The third-order valence-electron chi connectivity index (χ3n) is 3.55. The van der Waals surface area contributed by atoms with E-state index in [9.17, 15) is 28.1 Å². The first kappa shape index (κ1) is 20.7. The smallest absolute Gasteiger partial charge is 0.416 e. The standard InChI is InChI=1S/C17H14F3N3O5/c1-27-14-7-11(13(23(25)26)8-15(14)28-2)9-21-22-16(24)10-4-3-5-12(6-10)17(18,19)20/h3-9H,1-2H3,(H,22,24)/b21-9+. The first-order valence-electron chi connectivity index (χ1n) is 7.58. The molecule has 0 atom stereocenters. The van der Waals surface area contributed by atoms with Gasteiger partial charge in [-0.2, -0.15) is 18.3 Å². The molecular weight excluding hydrogens is 383 g/mol. The van der Waals surface area contributed by atoms with Crippen LogP contribution in [0.4, 0.5) is 18.9 Å². The van der Waals surface area contributed by atoms with Crippen molar-refractivity contribution in [3.63, 3.8) is 0 Å². The van der Waals surface area contributed by atoms with E-state index in [-0.39, 0.29) is 28.3 Å². The van der Waals surface area contributed by atoms with Gasteiger partial charge in [0.25, 0.3) is 11.6 Å². The van der Waals surface area contributed by atoms with Gasteiger partial charge >= 0.3 is 6.18 Å². The molecule has 2 aromatic rings. The van der Waals surface area contributed by atoms with Gasteiger partial charge in [0, 0.05) is 5.56 Å². The van der Waals surface area contributed by atoms with Crippen LogP contribution in [0.3, 0.4) is 0 Å². The second-order valence-electron chi connectivity index (χ2n) is 5.30. The van der Waals surface area contributed by atoms with Gasteiger partial charge in [-0.3, -0.25) is 14.9 Å². The Morgan fingerprint density at radius 3 is 2.39 bits per heavy atom. The Hall–Kier alpha value is -3.63. The summed E-state index contributed by atoms with van der Waals surface area (Å²) in [4.78, 5) is 22.5. The topological polar surface area (TPSA) is 103 Å². The number of nitrogens with one attached hydrogen (secondary N) is 1. The van der Waals surface area contributed by atoms with Crippen LogP contribution in [-0.2, 0) is 6.18 Å². The first-order chi connectivity index (χ1) is 13.2. The number of nitrogens with zero attached hydrogens (tertiary/aromatic N) is 2. The number of hydrogen-bond acceptors (Lipinski definition) is 6. The van der Waals surface area contributed by atoms with Crippen molar-refractivity contribution < 1.29 is 32.4 Å². The third kappa shape index (κ3) is 4.75. The SMILES string of the molecule is COc1cc(/C=N/NC(=O)c2cccc(C(F)(F)F)c2)c([N+](=O)[O-])cc1OC. The highest BCUT2D eigenvalue weighted by Crippen LogP contribution is 2.33. The maximum Gasteiger partial charge on any atom is 0.416 e. The summed E-state index contributed by atoms with van der Waals surface area (Å²) in [7, 11) is 2.64. The quantitative estimate of drug-likeness (QED) is 0.457. The lowest BCUT2D eigenvalue weighted by molar-refractivity contribution is -0.385. The van der Waals surface area contributed by atoms with Crippen LogP contribution in [0.2, 0.25) is 0 Å². The summed E-state index contributed by atoms with van der Waals surface area (Å²) in [5.41, 5.74) is 0.397. The van der Waals surface area contributed by atoms with Gasteiger partial charge in [-0.1, -0.05) is 6.07 Å². The number of amides is 1. The molecule has 8 nitrogen and oxygen atoms in total. The molecule has 1 N–H and O–H groups in total. The van der Waals surface area contributed by atoms with E-state index >= 15 is 0 Å². The van der Waals surface area contributed by atoms with Crippen molar-refractivity contribution >= 4 is 17.8 Å². The zero-order valence-corrected chi connectivity index (χ0v) is 14.6. The van der Waals surface area contributed by atoms with Crippen molar-refractivity contribution in [2.75, 3.05) is 14.2 Å². The second-order valence-corrected chi connectivity index (χ2v) is 5.30. The van der Waals surface area contributed by atoms with Gasteiger partial charge in [0.05, 0.1) is 42.6 Å². The normalized spacial score (nSPS) is 11.3. The molecule has 0 heterocycles. The lowest BCUT2D eigenvalue weighted by Gasteiger charge is -2.09. The molecular formula is C17H14F3N3O5. The van der Waals surface area contributed by atoms with Crippen molar-refractivity contribution in [3.8, 4) is 11.5 Å². The number of ether oxygens (including phenoxy) is 2. The Labute approximate surface area is 156 Å². The van der Waals surface area contributed by atoms with Crippen LogP contribution in [0.25, 0.3) is 0 Å². The van der Waals surface area contributed by atoms with Crippen molar-refractivity contribution in [2.24, 2.45) is 5.10 Å². The molecule has 0 fully saturated rings. The van der Waals surface area contributed by atoms with Crippen LogP contribution < -0.4 is 14.9 Å². The molecule has 2 rings (SSSR count). The summed E-state index contributed by atoms with van der Waals surface area (Å²) >= 11 is 0. The lowest BCUT2D eigenvalue weighted by Crippen LogP contribution is -2.18. The molecule has 0 spiro atoms. The summed E-state index contributed by atoms with van der Waals surface area (Å²) in [6, 6.07) is 6.15. The zero-order chi connectivity index (χ0) is 20.9. The monoisotopic (exact) mass is 397 g/mol. The molecule has 0 aliphatic carbocycles. The van der Waals surface area contributed by atoms with Gasteiger partial charge < -0.3 is 9.47 Å². The Morgan fingerprint density at radius 2 is 1.82 bits per heavy atom. The van der Waals surface area contributed by atoms with E-state index in [0.29, 0.717) is 6.07 Å². The minimum absolute atomic E-state index is 0.00741. The number of halogens is 3. The Balaban J connectivity index is 2.25. The number of hydrogen-bond donors (Lipinski definition) is 1. The maximum atomic E-state index is 12.7. The van der Waals surface area contributed by atoms with Gasteiger partial charge in [0.15, 0.2) is 11.5 Å². The van der Waals surface area contributed by atoms with Gasteiger partial charge in [-0.25, -0.2) is 5.43 Å². The van der Waals surface area contributed by atoms with E-state index in [4.69, 9.17) is 9.47 Å². The Bertz CT molecular complexity index is 929. The highest BCUT2D eigenvalue weighted by Gasteiger charge is 2.30. The molecule has 2 aromatic carbocycles. The second kappa shape index (κ2) is 8.37.